The first-order valence-corrected chi connectivity index (χ1v) is 6.88. The van der Waals surface area contributed by atoms with Crippen LogP contribution in [-0.2, 0) is 0 Å². The maximum atomic E-state index is 4.41. The second-order valence-corrected chi connectivity index (χ2v) is 5.61. The molecule has 1 aliphatic rings. The molecule has 14 heavy (non-hydrogen) atoms. The Kier molecular flexibility index (Phi) is 3.88. The highest BCUT2D eigenvalue weighted by Gasteiger charge is 2.15. The lowest BCUT2D eigenvalue weighted by molar-refractivity contribution is 0.623. The van der Waals surface area contributed by atoms with Crippen LogP contribution in [0.5, 0.6) is 0 Å². The topological polar surface area (TPSA) is 12.9 Å². The van der Waals surface area contributed by atoms with E-state index in [0.717, 1.165) is 15.5 Å². The molecule has 0 aliphatic heterocycles. The molecule has 1 saturated carbocycles. The summed E-state index contributed by atoms with van der Waals surface area (Å²) in [6.45, 7) is 0. The van der Waals surface area contributed by atoms with Gasteiger partial charge in [-0.05, 0) is 46.8 Å². The van der Waals surface area contributed by atoms with Gasteiger partial charge in [-0.25, -0.2) is 4.98 Å². The summed E-state index contributed by atoms with van der Waals surface area (Å²) >= 11 is 5.28. The zero-order chi connectivity index (χ0) is 9.80. The maximum absolute atomic E-state index is 4.41. The predicted octanol–water partition coefficient (Wildman–Crippen LogP) is 4.13. The average Bonchev–Trinajstić information content (AvgIpc) is 2.67. The largest absolute Gasteiger partial charge is 0.235 e. The Balaban J connectivity index is 1.85. The Hall–Kier alpha value is -0.0200. The molecule has 0 N–H and O–H groups in total. The minimum Gasteiger partial charge on any atom is -0.235 e. The molecule has 3 heteroatoms. The van der Waals surface area contributed by atoms with Crippen LogP contribution in [0.4, 0.5) is 0 Å². The molecule has 1 heterocycles. The normalized spacial score (nSPS) is 17.5. The molecule has 0 radical (unpaired) electrons. The lowest BCUT2D eigenvalue weighted by Crippen LogP contribution is -1.96. The second kappa shape index (κ2) is 5.17. The van der Waals surface area contributed by atoms with Crippen molar-refractivity contribution in [2.24, 2.45) is 5.92 Å². The fraction of sp³-hybridized carbons (Fsp3) is 0.545. The first-order chi connectivity index (χ1) is 6.84. The fourth-order valence-electron chi connectivity index (χ4n) is 1.85. The molecule has 0 saturated heterocycles. The molecule has 0 spiro atoms. The summed E-state index contributed by atoms with van der Waals surface area (Å²) in [5, 5.41) is 1.14. The van der Waals surface area contributed by atoms with E-state index in [9.17, 15) is 0 Å². The minimum absolute atomic E-state index is 0.931. The Morgan fingerprint density at radius 1 is 1.36 bits per heavy atom. The summed E-state index contributed by atoms with van der Waals surface area (Å²) in [4.78, 5) is 4.41. The van der Waals surface area contributed by atoms with Crippen LogP contribution < -0.4 is 0 Å². The number of aromatic nitrogens is 1. The van der Waals surface area contributed by atoms with Crippen molar-refractivity contribution in [3.63, 3.8) is 0 Å². The first kappa shape index (κ1) is 10.5. The van der Waals surface area contributed by atoms with E-state index < -0.39 is 0 Å². The van der Waals surface area contributed by atoms with Gasteiger partial charge in [0.2, 0.25) is 0 Å². The smallest absolute Gasteiger partial charge is 0.107 e. The summed E-state index contributed by atoms with van der Waals surface area (Å²) in [6, 6.07) is 6.11. The SMILES string of the molecule is Brc1cccc(SCC2CCCC2)n1. The predicted molar refractivity (Wildman–Crippen MR) is 64.6 cm³/mol. The third-order valence-corrected chi connectivity index (χ3v) is 4.23. The molecule has 2 rings (SSSR count). The fourth-order valence-corrected chi connectivity index (χ4v) is 3.39. The van der Waals surface area contributed by atoms with Gasteiger partial charge in [-0.3, -0.25) is 0 Å². The van der Waals surface area contributed by atoms with Gasteiger partial charge in [-0.2, -0.15) is 0 Å². The molecule has 76 valence electrons. The van der Waals surface area contributed by atoms with Gasteiger partial charge in [0.1, 0.15) is 4.60 Å². The molecule has 1 aliphatic carbocycles. The lowest BCUT2D eigenvalue weighted by Gasteiger charge is -2.07. The molecule has 1 fully saturated rings. The van der Waals surface area contributed by atoms with Gasteiger partial charge in [0.25, 0.3) is 0 Å². The Morgan fingerprint density at radius 2 is 2.14 bits per heavy atom. The molecule has 0 amide bonds. The van der Waals surface area contributed by atoms with Gasteiger partial charge in [0.05, 0.1) is 5.03 Å². The highest BCUT2D eigenvalue weighted by Crippen LogP contribution is 2.30. The van der Waals surface area contributed by atoms with Gasteiger partial charge < -0.3 is 0 Å². The molecule has 0 bridgehead atoms. The Labute approximate surface area is 97.8 Å². The van der Waals surface area contributed by atoms with E-state index in [2.05, 4.69) is 27.0 Å². The highest BCUT2D eigenvalue weighted by atomic mass is 79.9. The van der Waals surface area contributed by atoms with Crippen molar-refractivity contribution in [2.45, 2.75) is 30.7 Å². The van der Waals surface area contributed by atoms with Gasteiger partial charge >= 0.3 is 0 Å². The van der Waals surface area contributed by atoms with Crippen LogP contribution in [0, 0.1) is 5.92 Å². The summed E-state index contributed by atoms with van der Waals surface area (Å²) in [5.74, 6) is 2.17. The average molecular weight is 272 g/mol. The van der Waals surface area contributed by atoms with Crippen molar-refractivity contribution in [1.82, 2.24) is 4.98 Å². The lowest BCUT2D eigenvalue weighted by atomic mass is 10.1. The molecule has 1 nitrogen and oxygen atoms in total. The second-order valence-electron chi connectivity index (χ2n) is 3.76. The number of hydrogen-bond acceptors (Lipinski definition) is 2. The maximum Gasteiger partial charge on any atom is 0.107 e. The molecule has 0 unspecified atom stereocenters. The zero-order valence-electron chi connectivity index (χ0n) is 8.08. The van der Waals surface area contributed by atoms with E-state index in [4.69, 9.17) is 0 Å². The van der Waals surface area contributed by atoms with Crippen molar-refractivity contribution >= 4 is 27.7 Å². The van der Waals surface area contributed by atoms with Crippen LogP contribution in [0.3, 0.4) is 0 Å². The van der Waals surface area contributed by atoms with Crippen LogP contribution in [-0.4, -0.2) is 10.7 Å². The van der Waals surface area contributed by atoms with Crippen LogP contribution in [0.15, 0.2) is 27.8 Å². The molecular formula is C11H14BrNS. The van der Waals surface area contributed by atoms with Crippen LogP contribution in [0.25, 0.3) is 0 Å². The molecule has 0 aromatic carbocycles. The van der Waals surface area contributed by atoms with Crippen molar-refractivity contribution in [2.75, 3.05) is 5.75 Å². The third-order valence-electron chi connectivity index (χ3n) is 2.63. The van der Waals surface area contributed by atoms with Crippen molar-refractivity contribution < 1.29 is 0 Å². The van der Waals surface area contributed by atoms with E-state index in [1.807, 2.05) is 23.9 Å². The molecular weight excluding hydrogens is 258 g/mol. The standard InChI is InChI=1S/C11H14BrNS/c12-10-6-3-7-11(13-10)14-8-9-4-1-2-5-9/h3,6-7,9H,1-2,4-5,8H2. The number of nitrogens with zero attached hydrogens (tertiary/aromatic N) is 1. The van der Waals surface area contributed by atoms with Crippen LogP contribution >= 0.6 is 27.7 Å². The van der Waals surface area contributed by atoms with Crippen molar-refractivity contribution in [3.05, 3.63) is 22.8 Å². The van der Waals surface area contributed by atoms with Crippen molar-refractivity contribution in [1.29, 1.82) is 0 Å². The van der Waals surface area contributed by atoms with Gasteiger partial charge in [0.15, 0.2) is 0 Å². The molecule has 1 aromatic heterocycles. The van der Waals surface area contributed by atoms with E-state index >= 15 is 0 Å². The number of rotatable bonds is 3. The monoisotopic (exact) mass is 271 g/mol. The summed E-state index contributed by atoms with van der Waals surface area (Å²) in [6.07, 6.45) is 5.69. The van der Waals surface area contributed by atoms with E-state index in [1.165, 1.54) is 31.4 Å². The van der Waals surface area contributed by atoms with Crippen LogP contribution in [0.2, 0.25) is 0 Å². The summed E-state index contributed by atoms with van der Waals surface area (Å²) < 4.78 is 0.939. The first-order valence-electron chi connectivity index (χ1n) is 5.10. The van der Waals surface area contributed by atoms with E-state index in [1.54, 1.807) is 0 Å². The van der Waals surface area contributed by atoms with Crippen LogP contribution in [0.1, 0.15) is 25.7 Å². The Morgan fingerprint density at radius 3 is 2.86 bits per heavy atom. The van der Waals surface area contributed by atoms with E-state index in [-0.39, 0.29) is 0 Å². The van der Waals surface area contributed by atoms with Crippen molar-refractivity contribution in [3.8, 4) is 0 Å². The third kappa shape index (κ3) is 2.99. The summed E-state index contributed by atoms with van der Waals surface area (Å²) in [7, 11) is 0. The molecule has 0 atom stereocenters. The summed E-state index contributed by atoms with van der Waals surface area (Å²) in [5.41, 5.74) is 0. The number of hydrogen-bond donors (Lipinski definition) is 0. The Bertz CT molecular complexity index is 297. The zero-order valence-corrected chi connectivity index (χ0v) is 10.5. The van der Waals surface area contributed by atoms with Gasteiger partial charge in [-0.1, -0.05) is 18.9 Å². The highest BCUT2D eigenvalue weighted by molar-refractivity contribution is 9.10. The van der Waals surface area contributed by atoms with Gasteiger partial charge in [-0.15, -0.1) is 11.8 Å². The molecule has 1 aromatic rings. The minimum atomic E-state index is 0.931. The number of pyridine rings is 1. The van der Waals surface area contributed by atoms with E-state index in [0.29, 0.717) is 0 Å². The number of halogens is 1. The number of thioether (sulfide) groups is 1. The van der Waals surface area contributed by atoms with Gasteiger partial charge in [0, 0.05) is 5.75 Å². The quantitative estimate of drug-likeness (QED) is 0.606.